The Morgan fingerprint density at radius 3 is 1.58 bits per heavy atom. The fourth-order valence-electron chi connectivity index (χ4n) is 5.48. The van der Waals surface area contributed by atoms with Gasteiger partial charge in [-0.3, -0.25) is 19.2 Å². The molecule has 0 aliphatic heterocycles. The number of fused-ring (bicyclic) bond motifs is 2. The Bertz CT molecular complexity index is 1740. The molecule has 4 aromatic rings. The smallest absolute Gasteiger partial charge is 0.307 e. The molecule has 2 heterocycles. The second-order valence-electron chi connectivity index (χ2n) is 11.1. The standard InChI is InChI=1S/C32H28F2O9S2/c1-13(35)14-7-15(14)28(36)24-9-18-22(44-24)11-20(40-2)30(26(18)33)42-5-4-6-43-31-21(41-3)12-23-19(27(31)34)10-25(45-23)29(37)16-8-17(16)32(38)39/h9-12,14-17H,4-8H2,1-3H3,(H,38,39)/t14-,15+,16-,17-/m0/s1. The molecule has 0 spiro atoms. The van der Waals surface area contributed by atoms with Crippen molar-refractivity contribution in [3.05, 3.63) is 45.7 Å². The number of halogens is 2. The molecule has 1 N–H and O–H groups in total. The van der Waals surface area contributed by atoms with Gasteiger partial charge >= 0.3 is 5.97 Å². The quantitative estimate of drug-likeness (QED) is 0.118. The van der Waals surface area contributed by atoms with Gasteiger partial charge in [0.25, 0.3) is 0 Å². The lowest BCUT2D eigenvalue weighted by Crippen LogP contribution is -2.08. The zero-order valence-electron chi connectivity index (χ0n) is 24.4. The number of carboxylic acids is 1. The van der Waals surface area contributed by atoms with E-state index >= 15 is 8.78 Å². The molecule has 0 bridgehead atoms. The summed E-state index contributed by atoms with van der Waals surface area (Å²) in [5, 5.41) is 9.51. The highest BCUT2D eigenvalue weighted by Crippen LogP contribution is 2.47. The maximum atomic E-state index is 15.5. The van der Waals surface area contributed by atoms with Crippen molar-refractivity contribution in [1.82, 2.24) is 0 Å². The summed E-state index contributed by atoms with van der Waals surface area (Å²) in [7, 11) is 2.74. The Kier molecular flexibility index (Phi) is 8.25. The molecule has 4 atom stereocenters. The van der Waals surface area contributed by atoms with Crippen LogP contribution in [0.4, 0.5) is 8.78 Å². The molecule has 236 valence electrons. The van der Waals surface area contributed by atoms with E-state index in [1.807, 2.05) is 0 Å². The minimum atomic E-state index is -1.02. The van der Waals surface area contributed by atoms with Crippen molar-refractivity contribution in [3.63, 3.8) is 0 Å². The van der Waals surface area contributed by atoms with Crippen molar-refractivity contribution in [2.75, 3.05) is 27.4 Å². The molecule has 0 amide bonds. The number of carbonyl (C=O) groups excluding carboxylic acids is 3. The third-order valence-corrected chi connectivity index (χ3v) is 10.4. The number of carbonyl (C=O) groups is 4. The Labute approximate surface area is 263 Å². The van der Waals surface area contributed by atoms with Gasteiger partial charge in [-0.15, -0.1) is 22.7 Å². The maximum Gasteiger partial charge on any atom is 0.307 e. The first-order valence-corrected chi connectivity index (χ1v) is 15.8. The highest BCUT2D eigenvalue weighted by atomic mass is 32.1. The summed E-state index contributed by atoms with van der Waals surface area (Å²) < 4.78 is 54.1. The van der Waals surface area contributed by atoms with E-state index in [0.717, 1.165) is 22.7 Å². The lowest BCUT2D eigenvalue weighted by Gasteiger charge is -2.14. The van der Waals surface area contributed by atoms with Gasteiger partial charge in [0.2, 0.25) is 0 Å². The van der Waals surface area contributed by atoms with E-state index in [0.29, 0.717) is 20.7 Å². The highest BCUT2D eigenvalue weighted by molar-refractivity contribution is 7.21. The van der Waals surface area contributed by atoms with Gasteiger partial charge in [-0.1, -0.05) is 0 Å². The van der Waals surface area contributed by atoms with Crippen LogP contribution in [0.5, 0.6) is 23.0 Å². The normalized spacial score (nSPS) is 20.2. The molecule has 2 saturated carbocycles. The second-order valence-corrected chi connectivity index (χ2v) is 13.3. The maximum absolute atomic E-state index is 15.5. The zero-order chi connectivity index (χ0) is 32.2. The van der Waals surface area contributed by atoms with E-state index in [9.17, 15) is 19.2 Å². The number of methoxy groups -OCH3 is 2. The number of Topliss-reactive ketones (excluding diaryl/α,β-unsaturated/α-hetero) is 3. The average molecular weight is 659 g/mol. The number of ether oxygens (including phenoxy) is 4. The van der Waals surface area contributed by atoms with Crippen LogP contribution in [0.2, 0.25) is 0 Å². The number of rotatable bonds is 14. The largest absolute Gasteiger partial charge is 0.493 e. The van der Waals surface area contributed by atoms with Crippen LogP contribution in [-0.4, -0.2) is 55.9 Å². The van der Waals surface area contributed by atoms with Crippen molar-refractivity contribution < 1.29 is 52.0 Å². The average Bonchev–Trinajstić information content (AvgIpc) is 3.91. The van der Waals surface area contributed by atoms with Gasteiger partial charge in [0.15, 0.2) is 46.2 Å². The third-order valence-electron chi connectivity index (χ3n) is 8.17. The van der Waals surface area contributed by atoms with Gasteiger partial charge in [0, 0.05) is 56.5 Å². The predicted molar refractivity (Wildman–Crippen MR) is 162 cm³/mol. The SMILES string of the molecule is COc1cc2sc(C(=O)[C@H]3C[C@@H]3C(=O)O)cc2c(F)c1OCCCOc1c(OC)cc2sc(C(=O)[C@@H]3C[C@H]3C(C)=O)cc2c1F. The van der Waals surface area contributed by atoms with Gasteiger partial charge in [0.05, 0.1) is 43.1 Å². The molecule has 6 rings (SSSR count). The van der Waals surface area contributed by atoms with E-state index in [2.05, 4.69) is 0 Å². The first-order valence-electron chi connectivity index (χ1n) is 14.2. The van der Waals surface area contributed by atoms with Crippen molar-refractivity contribution in [3.8, 4) is 23.0 Å². The molecular formula is C32H28F2O9S2. The van der Waals surface area contributed by atoms with Crippen LogP contribution < -0.4 is 18.9 Å². The molecule has 2 aromatic heterocycles. The number of aliphatic carboxylic acids is 1. The summed E-state index contributed by atoms with van der Waals surface area (Å²) >= 11 is 2.20. The van der Waals surface area contributed by atoms with E-state index in [-0.39, 0.29) is 93.9 Å². The molecule has 0 saturated heterocycles. The number of carboxylic acid groups (broad SMARTS) is 1. The summed E-state index contributed by atoms with van der Waals surface area (Å²) in [5.74, 6) is -4.89. The van der Waals surface area contributed by atoms with Crippen LogP contribution >= 0.6 is 22.7 Å². The predicted octanol–water partition coefficient (Wildman–Crippen LogP) is 6.57. The molecular weight excluding hydrogens is 630 g/mol. The Hall–Kier alpha value is -4.10. The number of benzene rings is 2. The van der Waals surface area contributed by atoms with Crippen LogP contribution in [0.3, 0.4) is 0 Å². The molecule has 9 nitrogen and oxygen atoms in total. The molecule has 0 radical (unpaired) electrons. The topological polar surface area (TPSA) is 125 Å². The van der Waals surface area contributed by atoms with Crippen LogP contribution in [-0.2, 0) is 9.59 Å². The van der Waals surface area contributed by atoms with Crippen molar-refractivity contribution in [2.45, 2.75) is 26.2 Å². The number of hydrogen-bond donors (Lipinski definition) is 1. The number of thiophene rings is 2. The third kappa shape index (κ3) is 5.74. The summed E-state index contributed by atoms with van der Waals surface area (Å²) in [5.41, 5.74) is 0. The summed E-state index contributed by atoms with van der Waals surface area (Å²) in [6.45, 7) is 1.44. The molecule has 13 heteroatoms. The first kappa shape index (κ1) is 30.9. The zero-order valence-corrected chi connectivity index (χ0v) is 26.1. The summed E-state index contributed by atoms with van der Waals surface area (Å²) in [4.78, 5) is 49.0. The molecule has 45 heavy (non-hydrogen) atoms. The summed E-state index contributed by atoms with van der Waals surface area (Å²) in [6, 6.07) is 6.05. The van der Waals surface area contributed by atoms with E-state index in [1.165, 1.54) is 33.3 Å². The molecule has 2 aliphatic carbocycles. The van der Waals surface area contributed by atoms with Crippen LogP contribution in [0.15, 0.2) is 24.3 Å². The van der Waals surface area contributed by atoms with Crippen LogP contribution in [0.25, 0.3) is 20.2 Å². The van der Waals surface area contributed by atoms with E-state index in [4.69, 9.17) is 24.1 Å². The highest BCUT2D eigenvalue weighted by Gasteiger charge is 2.49. The van der Waals surface area contributed by atoms with Gasteiger partial charge < -0.3 is 24.1 Å². The molecule has 2 fully saturated rings. The van der Waals surface area contributed by atoms with Crippen LogP contribution in [0.1, 0.15) is 45.5 Å². The molecule has 2 aliphatic rings. The fraction of sp³-hybridized carbons (Fsp3) is 0.375. The minimum Gasteiger partial charge on any atom is -0.493 e. The summed E-state index contributed by atoms with van der Waals surface area (Å²) in [6.07, 6.45) is 1.01. The van der Waals surface area contributed by atoms with Crippen LogP contribution in [0, 0.1) is 35.3 Å². The van der Waals surface area contributed by atoms with Gasteiger partial charge in [-0.05, 0) is 31.9 Å². The van der Waals surface area contributed by atoms with Gasteiger partial charge in [-0.25, -0.2) is 8.78 Å². The lowest BCUT2D eigenvalue weighted by molar-refractivity contribution is -0.138. The molecule has 2 aromatic carbocycles. The monoisotopic (exact) mass is 658 g/mol. The lowest BCUT2D eigenvalue weighted by atomic mass is 10.1. The Morgan fingerprint density at radius 1 is 0.756 bits per heavy atom. The van der Waals surface area contributed by atoms with Crippen molar-refractivity contribution in [2.24, 2.45) is 23.7 Å². The van der Waals surface area contributed by atoms with Crippen molar-refractivity contribution in [1.29, 1.82) is 0 Å². The Balaban J connectivity index is 1.12. The van der Waals surface area contributed by atoms with Gasteiger partial charge in [-0.2, -0.15) is 0 Å². The first-order chi connectivity index (χ1) is 21.5. The van der Waals surface area contributed by atoms with E-state index in [1.54, 1.807) is 12.1 Å². The minimum absolute atomic E-state index is 0.00745. The fourth-order valence-corrected chi connectivity index (χ4v) is 7.66. The number of ketones is 3. The van der Waals surface area contributed by atoms with E-state index < -0.39 is 29.4 Å². The second kappa shape index (κ2) is 12.0. The van der Waals surface area contributed by atoms with Gasteiger partial charge in [0.1, 0.15) is 5.78 Å². The molecule has 0 unspecified atom stereocenters. The van der Waals surface area contributed by atoms with Crippen molar-refractivity contribution >= 4 is 66.2 Å². The Morgan fingerprint density at radius 2 is 1.20 bits per heavy atom. The number of hydrogen-bond acceptors (Lipinski definition) is 10.